The molecule has 6 nitrogen and oxygen atoms in total. The summed E-state index contributed by atoms with van der Waals surface area (Å²) in [5, 5.41) is 6.29. The molecular formula is C26H31ClFN3O3. The van der Waals surface area contributed by atoms with Crippen molar-refractivity contribution in [3.8, 4) is 0 Å². The van der Waals surface area contributed by atoms with E-state index in [0.29, 0.717) is 17.7 Å². The van der Waals surface area contributed by atoms with Gasteiger partial charge in [0, 0.05) is 35.6 Å². The van der Waals surface area contributed by atoms with Crippen molar-refractivity contribution in [1.82, 2.24) is 10.3 Å². The van der Waals surface area contributed by atoms with Crippen LogP contribution in [0.3, 0.4) is 0 Å². The predicted octanol–water partition coefficient (Wildman–Crippen LogP) is 4.97. The molecule has 2 N–H and O–H groups in total. The topological polar surface area (TPSA) is 80.3 Å². The number of nitrogens with zero attached hydrogens (tertiary/aromatic N) is 1. The van der Waals surface area contributed by atoms with Crippen LogP contribution in [-0.4, -0.2) is 34.5 Å². The number of rotatable bonds is 3. The van der Waals surface area contributed by atoms with E-state index in [0.717, 1.165) is 0 Å². The highest BCUT2D eigenvalue weighted by Gasteiger charge is 2.66. The van der Waals surface area contributed by atoms with E-state index in [9.17, 15) is 9.59 Å². The molecular weight excluding hydrogens is 457 g/mol. The monoisotopic (exact) mass is 487 g/mol. The Balaban J connectivity index is 2.00. The molecule has 0 unspecified atom stereocenters. The third-order valence-corrected chi connectivity index (χ3v) is 6.73. The number of carbonyl (C=O) groups excluding carboxylic acids is 2. The van der Waals surface area contributed by atoms with Crippen molar-refractivity contribution in [2.75, 3.05) is 5.32 Å². The number of benzene rings is 1. The zero-order valence-electron chi connectivity index (χ0n) is 20.3. The van der Waals surface area contributed by atoms with E-state index in [-0.39, 0.29) is 21.9 Å². The third kappa shape index (κ3) is 4.09. The number of pyridine rings is 1. The summed E-state index contributed by atoms with van der Waals surface area (Å²) in [7, 11) is 0. The minimum atomic E-state index is -1.29. The summed E-state index contributed by atoms with van der Waals surface area (Å²) in [6, 6.07) is 4.94. The Morgan fingerprint density at radius 3 is 2.56 bits per heavy atom. The molecule has 2 aliphatic heterocycles. The maximum absolute atomic E-state index is 15.6. The van der Waals surface area contributed by atoms with Crippen LogP contribution in [0.1, 0.15) is 65.0 Å². The lowest BCUT2D eigenvalue weighted by Crippen LogP contribution is -2.49. The second-order valence-electron chi connectivity index (χ2n) is 11.4. The SMILES string of the molecule is CC(C)(C)C[C@@H]1N[C@@H](C(=O)OC(C)(C)C)[C@H](c2cccc(Cl)c2F)[C@@]12C(=O)Nc1ccncc12. The van der Waals surface area contributed by atoms with Gasteiger partial charge in [-0.2, -0.15) is 0 Å². The molecule has 2 aliphatic rings. The molecule has 8 heteroatoms. The molecule has 1 spiro atoms. The minimum absolute atomic E-state index is 0.0697. The Bertz CT molecular complexity index is 1140. The van der Waals surface area contributed by atoms with Gasteiger partial charge in [-0.25, -0.2) is 4.39 Å². The molecule has 0 saturated carbocycles. The van der Waals surface area contributed by atoms with E-state index in [4.69, 9.17) is 16.3 Å². The summed E-state index contributed by atoms with van der Waals surface area (Å²) in [6.07, 6.45) is 3.78. The second-order valence-corrected chi connectivity index (χ2v) is 11.8. The standard InChI is InChI=1S/C26H31ClFN3O3/c1-24(2,3)12-18-26(15-13-29-11-10-17(15)30-23(26)33)19(14-8-7-9-16(27)20(14)28)21(31-18)22(32)34-25(4,5)6/h7-11,13,18-19,21,31H,12H2,1-6H3,(H,30,33)/t18-,19-,21+,26-/m0/s1. The molecule has 4 rings (SSSR count). The molecule has 1 saturated heterocycles. The number of esters is 1. The highest BCUT2D eigenvalue weighted by Crippen LogP contribution is 2.56. The zero-order chi connectivity index (χ0) is 25.1. The van der Waals surface area contributed by atoms with Gasteiger partial charge in [0.1, 0.15) is 22.9 Å². The van der Waals surface area contributed by atoms with Crippen LogP contribution in [0.15, 0.2) is 36.7 Å². The Labute approximate surface area is 204 Å². The lowest BCUT2D eigenvalue weighted by atomic mass is 9.63. The quantitative estimate of drug-likeness (QED) is 0.598. The van der Waals surface area contributed by atoms with Crippen LogP contribution in [0, 0.1) is 11.2 Å². The fourth-order valence-corrected chi connectivity index (χ4v) is 5.53. The summed E-state index contributed by atoms with van der Waals surface area (Å²) < 4.78 is 21.3. The van der Waals surface area contributed by atoms with Crippen LogP contribution in [0.4, 0.5) is 10.1 Å². The zero-order valence-corrected chi connectivity index (χ0v) is 21.1. The largest absolute Gasteiger partial charge is 0.459 e. The van der Waals surface area contributed by atoms with Gasteiger partial charge in [-0.3, -0.25) is 19.9 Å². The van der Waals surface area contributed by atoms with Gasteiger partial charge >= 0.3 is 5.97 Å². The molecule has 182 valence electrons. The molecule has 1 amide bonds. The van der Waals surface area contributed by atoms with Crippen LogP contribution in [0.5, 0.6) is 0 Å². The highest BCUT2D eigenvalue weighted by atomic mass is 35.5. The molecule has 3 heterocycles. The molecule has 0 radical (unpaired) electrons. The number of halogens is 2. The van der Waals surface area contributed by atoms with E-state index >= 15 is 4.39 Å². The average molecular weight is 488 g/mol. The van der Waals surface area contributed by atoms with Crippen LogP contribution in [0.2, 0.25) is 5.02 Å². The lowest BCUT2D eigenvalue weighted by Gasteiger charge is -2.37. The normalized spacial score (nSPS) is 26.5. The van der Waals surface area contributed by atoms with Gasteiger partial charge in [-0.1, -0.05) is 44.5 Å². The van der Waals surface area contributed by atoms with Crippen molar-refractivity contribution in [1.29, 1.82) is 0 Å². The fourth-order valence-electron chi connectivity index (χ4n) is 5.35. The van der Waals surface area contributed by atoms with Crippen molar-refractivity contribution in [2.24, 2.45) is 5.41 Å². The van der Waals surface area contributed by atoms with E-state index in [2.05, 4.69) is 36.4 Å². The summed E-state index contributed by atoms with van der Waals surface area (Å²) in [6.45, 7) is 11.5. The van der Waals surface area contributed by atoms with Gasteiger partial charge in [-0.15, -0.1) is 0 Å². The maximum Gasteiger partial charge on any atom is 0.324 e. The van der Waals surface area contributed by atoms with E-state index in [1.807, 2.05) is 0 Å². The van der Waals surface area contributed by atoms with Gasteiger partial charge in [0.2, 0.25) is 5.91 Å². The Morgan fingerprint density at radius 1 is 1.21 bits per heavy atom. The number of carbonyl (C=O) groups is 2. The van der Waals surface area contributed by atoms with Gasteiger partial charge in [0.25, 0.3) is 0 Å². The first-order valence-electron chi connectivity index (χ1n) is 11.4. The maximum atomic E-state index is 15.6. The van der Waals surface area contributed by atoms with Crippen LogP contribution in [-0.2, 0) is 19.7 Å². The Hall–Kier alpha value is -2.51. The van der Waals surface area contributed by atoms with Gasteiger partial charge < -0.3 is 10.1 Å². The van der Waals surface area contributed by atoms with Crippen LogP contribution < -0.4 is 10.6 Å². The van der Waals surface area contributed by atoms with Crippen molar-refractivity contribution < 1.29 is 18.7 Å². The molecule has 4 atom stereocenters. The average Bonchev–Trinajstić information content (AvgIpc) is 3.18. The van der Waals surface area contributed by atoms with Gasteiger partial charge in [-0.05, 0) is 50.3 Å². The number of fused-ring (bicyclic) bond motifs is 2. The van der Waals surface area contributed by atoms with E-state index in [1.165, 1.54) is 6.07 Å². The predicted molar refractivity (Wildman–Crippen MR) is 129 cm³/mol. The third-order valence-electron chi connectivity index (χ3n) is 6.44. The fraction of sp³-hybridized carbons (Fsp3) is 0.500. The number of anilines is 1. The molecule has 0 bridgehead atoms. The van der Waals surface area contributed by atoms with Crippen molar-refractivity contribution in [3.63, 3.8) is 0 Å². The summed E-state index contributed by atoms with van der Waals surface area (Å²) >= 11 is 6.18. The molecule has 0 aliphatic carbocycles. The number of amides is 1. The summed E-state index contributed by atoms with van der Waals surface area (Å²) in [5.74, 6) is -2.39. The Morgan fingerprint density at radius 2 is 1.91 bits per heavy atom. The van der Waals surface area contributed by atoms with E-state index < -0.39 is 40.8 Å². The highest BCUT2D eigenvalue weighted by molar-refractivity contribution is 6.30. The number of hydrogen-bond acceptors (Lipinski definition) is 5. The molecule has 1 aromatic carbocycles. The number of aromatic nitrogens is 1. The van der Waals surface area contributed by atoms with Crippen molar-refractivity contribution in [3.05, 3.63) is 58.6 Å². The minimum Gasteiger partial charge on any atom is -0.459 e. The van der Waals surface area contributed by atoms with Crippen LogP contribution in [0.25, 0.3) is 0 Å². The van der Waals surface area contributed by atoms with Crippen molar-refractivity contribution in [2.45, 2.75) is 77.0 Å². The smallest absolute Gasteiger partial charge is 0.324 e. The molecule has 1 fully saturated rings. The summed E-state index contributed by atoms with van der Waals surface area (Å²) in [4.78, 5) is 31.7. The summed E-state index contributed by atoms with van der Waals surface area (Å²) in [5.41, 5.74) is -0.808. The first kappa shape index (κ1) is 24.6. The molecule has 2 aromatic rings. The molecule has 1 aromatic heterocycles. The van der Waals surface area contributed by atoms with Crippen LogP contribution >= 0.6 is 11.6 Å². The number of ether oxygens (including phenoxy) is 1. The van der Waals surface area contributed by atoms with Crippen molar-refractivity contribution >= 4 is 29.2 Å². The van der Waals surface area contributed by atoms with Gasteiger partial charge in [0.15, 0.2) is 0 Å². The first-order valence-corrected chi connectivity index (χ1v) is 11.8. The molecule has 34 heavy (non-hydrogen) atoms. The van der Waals surface area contributed by atoms with E-state index in [1.54, 1.807) is 51.4 Å². The van der Waals surface area contributed by atoms with Gasteiger partial charge in [0.05, 0.1) is 5.02 Å². The Kier molecular flexibility index (Phi) is 6.01. The number of nitrogens with one attached hydrogen (secondary N) is 2. The lowest BCUT2D eigenvalue weighted by molar-refractivity contribution is -0.157. The first-order chi connectivity index (χ1) is 15.8. The number of hydrogen-bond donors (Lipinski definition) is 2. The second kappa shape index (κ2) is 8.31.